The second-order valence-corrected chi connectivity index (χ2v) is 26.0. The lowest BCUT2D eigenvalue weighted by Crippen LogP contribution is -2.61. The highest BCUT2D eigenvalue weighted by atomic mass is 32.1. The number of nitrogens with zero attached hydrogens (tertiary/aromatic N) is 6. The van der Waals surface area contributed by atoms with Crippen LogP contribution in [0.2, 0.25) is 0 Å². The quantitative estimate of drug-likeness (QED) is 0.0208. The fraction of sp³-hybridized carbons (Fsp3) is 0.419. The van der Waals surface area contributed by atoms with Gasteiger partial charge in [0.1, 0.15) is 77.3 Å². The van der Waals surface area contributed by atoms with Gasteiger partial charge in [-0.15, -0.1) is 30.6 Å². The molecule has 19 heteroatoms. The number of ether oxygens (including phenoxy) is 7. The summed E-state index contributed by atoms with van der Waals surface area (Å²) < 4.78 is 44.3. The number of benzene rings is 6. The van der Waals surface area contributed by atoms with Gasteiger partial charge in [0, 0.05) is 33.4 Å². The second-order valence-electron chi connectivity index (χ2n) is 23.1. The summed E-state index contributed by atoms with van der Waals surface area (Å²) >= 11 is 4.35. The van der Waals surface area contributed by atoms with Crippen LogP contribution in [0, 0.1) is 0 Å². The Balaban J connectivity index is 0.936. The lowest BCUT2D eigenvalue weighted by Gasteiger charge is -2.37. The second kappa shape index (κ2) is 37.2. The molecule has 0 amide bonds. The Kier molecular flexibility index (Phi) is 27.8. The van der Waals surface area contributed by atoms with Gasteiger partial charge in [-0.1, -0.05) is 158 Å². The van der Waals surface area contributed by atoms with E-state index in [-0.39, 0.29) is 17.9 Å². The third kappa shape index (κ3) is 20.8. The highest BCUT2D eigenvalue weighted by Gasteiger charge is 2.55. The lowest BCUT2D eigenvalue weighted by atomic mass is 10.1. The van der Waals surface area contributed by atoms with E-state index in [4.69, 9.17) is 33.2 Å². The van der Waals surface area contributed by atoms with Gasteiger partial charge in [0.2, 0.25) is 0 Å². The van der Waals surface area contributed by atoms with Crippen molar-refractivity contribution in [1.29, 1.82) is 0 Å². The summed E-state index contributed by atoms with van der Waals surface area (Å²) in [5.41, 5.74) is 5.10. The van der Waals surface area contributed by atoms with Crippen molar-refractivity contribution in [3.05, 3.63) is 146 Å². The molecule has 0 bridgehead atoms. The maximum Gasteiger partial charge on any atom is 0.397 e. The van der Waals surface area contributed by atoms with Gasteiger partial charge in [0.05, 0.1) is 26.4 Å². The summed E-state index contributed by atoms with van der Waals surface area (Å²) in [6.45, 7) is 9.37. The topological polar surface area (TPSA) is 199 Å². The predicted octanol–water partition coefficient (Wildman–Crippen LogP) is 18.4. The number of aliphatic hydroxyl groups is 2. The Labute approximate surface area is 559 Å². The standard InChI is InChI=1S/C74H88N6O10S3/c1-5-9-12-15-18-21-48-84-60-36-24-53(25-37-60)67-75-78-70(91-67)56-30-42-63(43-31-56)88-66(8-4)74(73(83)87-52-59(82)51-81,89-64-44-32-57(33-45-64)71-79-76-68(92-71)54-26-38-61(39-27-54)85-49-22-19-16-13-10-6-2)90-65-46-34-58(35-47-65)72-80-77-69(93-72)55-28-40-62(41-29-55)86-50-23-20-17-14-11-7-3/h24-47,59,66,81-82H,5-23,48-52H2,1-4H3. The van der Waals surface area contributed by atoms with Crippen LogP contribution >= 0.6 is 34.0 Å². The van der Waals surface area contributed by atoms with Gasteiger partial charge in [0.25, 0.3) is 0 Å². The first-order chi connectivity index (χ1) is 45.7. The Bertz CT molecular complexity index is 3440. The number of hydrogen-bond acceptors (Lipinski definition) is 19. The van der Waals surface area contributed by atoms with E-state index in [0.717, 1.165) is 84.9 Å². The molecular weight excluding hydrogens is 1230 g/mol. The van der Waals surface area contributed by atoms with Crippen LogP contribution in [0.25, 0.3) is 63.4 Å². The number of esters is 1. The molecule has 0 fully saturated rings. The lowest BCUT2D eigenvalue weighted by molar-refractivity contribution is -0.217. The maximum atomic E-state index is 15.1. The van der Waals surface area contributed by atoms with Gasteiger partial charge in [-0.3, -0.25) is 0 Å². The molecule has 0 spiro atoms. The first-order valence-electron chi connectivity index (χ1n) is 33.2. The number of carbonyl (C=O) groups is 1. The molecule has 0 saturated heterocycles. The maximum absolute atomic E-state index is 15.1. The molecule has 0 radical (unpaired) electrons. The van der Waals surface area contributed by atoms with E-state index >= 15 is 4.79 Å². The summed E-state index contributed by atoms with van der Waals surface area (Å²) in [6, 6.07) is 45.3. The van der Waals surface area contributed by atoms with Gasteiger partial charge in [0.15, 0.2) is 6.10 Å². The summed E-state index contributed by atoms with van der Waals surface area (Å²) in [4.78, 5) is 15.1. The molecule has 3 aromatic heterocycles. The van der Waals surface area contributed by atoms with Gasteiger partial charge in [-0.05, 0) is 171 Å². The van der Waals surface area contributed by atoms with Crippen molar-refractivity contribution >= 4 is 40.0 Å². The first kappa shape index (κ1) is 69.5. The van der Waals surface area contributed by atoms with E-state index in [2.05, 4.69) is 51.4 Å². The Hall–Kier alpha value is -7.81. The SMILES string of the molecule is CCCCCCCCOc1ccc(-c2nnc(-c3ccc(OC(CC)C(Oc4ccc(-c5nnc(-c6ccc(OCCCCCCCC)cc6)s5)cc4)(Oc4ccc(-c5nnc(-c6ccc(OCCCCCCCC)cc6)s5)cc4)C(=O)OCC(O)CO)cc3)s2)cc1. The van der Waals surface area contributed by atoms with Crippen LogP contribution in [-0.2, 0) is 9.53 Å². The van der Waals surface area contributed by atoms with Crippen LogP contribution in [0.3, 0.4) is 0 Å². The van der Waals surface area contributed by atoms with Crippen molar-refractivity contribution < 1.29 is 48.2 Å². The summed E-state index contributed by atoms with van der Waals surface area (Å²) in [7, 11) is 0. The van der Waals surface area contributed by atoms with Gasteiger partial charge >= 0.3 is 11.8 Å². The molecule has 93 heavy (non-hydrogen) atoms. The summed E-state index contributed by atoms with van der Waals surface area (Å²) in [5.74, 6) is -0.0605. The van der Waals surface area contributed by atoms with Crippen LogP contribution in [0.5, 0.6) is 34.5 Å². The highest BCUT2D eigenvalue weighted by Crippen LogP contribution is 2.39. The van der Waals surface area contributed by atoms with Crippen LogP contribution in [0.1, 0.15) is 150 Å². The fourth-order valence-electron chi connectivity index (χ4n) is 10.3. The highest BCUT2D eigenvalue weighted by molar-refractivity contribution is 7.18. The van der Waals surface area contributed by atoms with E-state index < -0.39 is 37.2 Å². The van der Waals surface area contributed by atoms with E-state index in [0.29, 0.717) is 40.6 Å². The van der Waals surface area contributed by atoms with Crippen LogP contribution in [-0.4, -0.2) is 97.8 Å². The smallest absolute Gasteiger partial charge is 0.397 e. The van der Waals surface area contributed by atoms with E-state index in [1.54, 1.807) is 36.4 Å². The molecule has 2 unspecified atom stereocenters. The molecule has 6 aromatic carbocycles. The predicted molar refractivity (Wildman–Crippen MR) is 372 cm³/mol. The molecule has 0 saturated carbocycles. The van der Waals surface area contributed by atoms with E-state index in [1.165, 1.54) is 130 Å². The monoisotopic (exact) mass is 1320 g/mol. The number of carbonyl (C=O) groups excluding carboxylic acids is 1. The first-order valence-corrected chi connectivity index (χ1v) is 35.6. The minimum absolute atomic E-state index is 0.164. The molecule has 0 aliphatic rings. The molecule has 2 atom stereocenters. The minimum Gasteiger partial charge on any atom is -0.494 e. The Morgan fingerprint density at radius 2 is 0.656 bits per heavy atom. The number of unbranched alkanes of at least 4 members (excludes halogenated alkanes) is 15. The van der Waals surface area contributed by atoms with Crippen molar-refractivity contribution in [2.75, 3.05) is 33.0 Å². The third-order valence-electron chi connectivity index (χ3n) is 15.7. The molecule has 9 aromatic rings. The Morgan fingerprint density at radius 3 is 0.935 bits per heavy atom. The largest absolute Gasteiger partial charge is 0.494 e. The van der Waals surface area contributed by atoms with Gasteiger partial charge in [-0.25, -0.2) is 4.79 Å². The Morgan fingerprint density at radius 1 is 0.387 bits per heavy atom. The normalized spacial score (nSPS) is 12.1. The number of hydrogen-bond donors (Lipinski definition) is 2. The van der Waals surface area contributed by atoms with Crippen LogP contribution in [0.4, 0.5) is 0 Å². The molecule has 492 valence electrons. The number of aliphatic hydroxyl groups excluding tert-OH is 2. The van der Waals surface area contributed by atoms with Crippen molar-refractivity contribution in [3.8, 4) is 97.9 Å². The fourth-order valence-corrected chi connectivity index (χ4v) is 12.9. The molecule has 2 N–H and O–H groups in total. The van der Waals surface area contributed by atoms with Crippen molar-refractivity contribution in [1.82, 2.24) is 30.6 Å². The van der Waals surface area contributed by atoms with Crippen molar-refractivity contribution in [2.24, 2.45) is 0 Å². The van der Waals surface area contributed by atoms with Crippen LogP contribution < -0.4 is 28.4 Å². The summed E-state index contributed by atoms with van der Waals surface area (Å²) in [6.07, 6.45) is 19.2. The minimum atomic E-state index is -2.37. The van der Waals surface area contributed by atoms with Gasteiger partial charge < -0.3 is 43.4 Å². The van der Waals surface area contributed by atoms with Crippen LogP contribution in [0.15, 0.2) is 146 Å². The average molecular weight is 1320 g/mol. The van der Waals surface area contributed by atoms with Crippen molar-refractivity contribution in [2.45, 2.75) is 168 Å². The number of aromatic nitrogens is 6. The molecule has 0 aliphatic heterocycles. The third-order valence-corrected chi connectivity index (χ3v) is 18.8. The molecule has 0 aliphatic carbocycles. The molecule has 3 heterocycles. The van der Waals surface area contributed by atoms with E-state index in [1.807, 2.05) is 116 Å². The zero-order chi connectivity index (χ0) is 64.9. The van der Waals surface area contributed by atoms with E-state index in [9.17, 15) is 10.2 Å². The molecular formula is C74H88N6O10S3. The zero-order valence-corrected chi connectivity index (χ0v) is 56.5. The molecule has 9 rings (SSSR count). The van der Waals surface area contributed by atoms with Crippen molar-refractivity contribution in [3.63, 3.8) is 0 Å². The summed E-state index contributed by atoms with van der Waals surface area (Å²) in [5, 5.41) is 51.9. The number of rotatable bonds is 42. The van der Waals surface area contributed by atoms with Gasteiger partial charge in [-0.2, -0.15) is 0 Å². The molecule has 16 nitrogen and oxygen atoms in total. The average Bonchev–Trinajstić information content (AvgIpc) is 1.42. The zero-order valence-electron chi connectivity index (χ0n) is 54.1.